The van der Waals surface area contributed by atoms with E-state index in [1.807, 2.05) is 17.5 Å². The molecule has 1 unspecified atom stereocenters. The van der Waals surface area contributed by atoms with Crippen LogP contribution >= 0.6 is 11.3 Å². The molecule has 0 N–H and O–H groups in total. The van der Waals surface area contributed by atoms with Gasteiger partial charge in [0.15, 0.2) is 9.84 Å². The summed E-state index contributed by atoms with van der Waals surface area (Å²) in [6, 6.07) is 8.01. The summed E-state index contributed by atoms with van der Waals surface area (Å²) in [5.41, 5.74) is 0.729. The number of nitrogens with zero attached hydrogens (tertiary/aromatic N) is 1. The fourth-order valence-electron chi connectivity index (χ4n) is 2.85. The zero-order chi connectivity index (χ0) is 17.3. The van der Waals surface area contributed by atoms with Crippen LogP contribution < -0.4 is 0 Å². The fraction of sp³-hybridized carbons (Fsp3) is 0.353. The van der Waals surface area contributed by atoms with Crippen molar-refractivity contribution in [1.82, 2.24) is 4.90 Å². The van der Waals surface area contributed by atoms with E-state index in [9.17, 15) is 17.6 Å². The third-order valence-electron chi connectivity index (χ3n) is 4.31. The summed E-state index contributed by atoms with van der Waals surface area (Å²) in [5.74, 6) is -0.828. The predicted octanol–water partition coefficient (Wildman–Crippen LogP) is 3.20. The Morgan fingerprint density at radius 2 is 2.08 bits per heavy atom. The standard InChI is InChI=1S/C17H18FNO3S2/c1-12-4-5-13(11-14(12)18)17(20)19-7-6-16(15-3-2-9-23-15)24(21,22)10-8-19/h2-5,9,11,16H,6-8,10H2,1H3. The van der Waals surface area contributed by atoms with Gasteiger partial charge in [0.1, 0.15) is 5.82 Å². The maximum Gasteiger partial charge on any atom is 0.253 e. The summed E-state index contributed by atoms with van der Waals surface area (Å²) in [4.78, 5) is 14.9. The third kappa shape index (κ3) is 3.37. The SMILES string of the molecule is Cc1ccc(C(=O)N2CCC(c3cccs3)S(=O)(=O)CC2)cc1F. The molecule has 1 aliphatic rings. The lowest BCUT2D eigenvalue weighted by molar-refractivity contribution is 0.0766. The van der Waals surface area contributed by atoms with Gasteiger partial charge in [0, 0.05) is 23.5 Å². The van der Waals surface area contributed by atoms with Crippen LogP contribution in [0.15, 0.2) is 35.7 Å². The number of aryl methyl sites for hydroxylation is 1. The van der Waals surface area contributed by atoms with Gasteiger partial charge in [-0.1, -0.05) is 12.1 Å². The van der Waals surface area contributed by atoms with Gasteiger partial charge in [0.25, 0.3) is 5.91 Å². The summed E-state index contributed by atoms with van der Waals surface area (Å²) in [5, 5.41) is 1.29. The Morgan fingerprint density at radius 3 is 2.75 bits per heavy atom. The van der Waals surface area contributed by atoms with Crippen LogP contribution in [0.5, 0.6) is 0 Å². The van der Waals surface area contributed by atoms with E-state index in [-0.39, 0.29) is 23.8 Å². The van der Waals surface area contributed by atoms with Crippen molar-refractivity contribution in [2.75, 3.05) is 18.8 Å². The van der Waals surface area contributed by atoms with Crippen molar-refractivity contribution >= 4 is 27.1 Å². The topological polar surface area (TPSA) is 54.5 Å². The molecule has 1 saturated heterocycles. The Balaban J connectivity index is 1.82. The number of halogens is 1. The van der Waals surface area contributed by atoms with E-state index in [0.717, 1.165) is 4.88 Å². The van der Waals surface area contributed by atoms with Gasteiger partial charge < -0.3 is 4.90 Å². The maximum atomic E-state index is 13.7. The van der Waals surface area contributed by atoms with Crippen molar-refractivity contribution in [3.05, 3.63) is 57.5 Å². The number of benzene rings is 1. The molecule has 24 heavy (non-hydrogen) atoms. The van der Waals surface area contributed by atoms with Crippen LogP contribution in [0.3, 0.4) is 0 Å². The Hall–Kier alpha value is -1.73. The summed E-state index contributed by atoms with van der Waals surface area (Å²) in [6.07, 6.45) is 0.364. The number of carbonyl (C=O) groups is 1. The van der Waals surface area contributed by atoms with E-state index in [0.29, 0.717) is 18.5 Å². The molecule has 0 radical (unpaired) electrons. The van der Waals surface area contributed by atoms with Crippen LogP contribution in [0.4, 0.5) is 4.39 Å². The van der Waals surface area contributed by atoms with Crippen LogP contribution in [-0.4, -0.2) is 38.1 Å². The zero-order valence-corrected chi connectivity index (χ0v) is 14.9. The van der Waals surface area contributed by atoms with Crippen LogP contribution in [0.2, 0.25) is 0 Å². The number of amides is 1. The Kier molecular flexibility index (Phi) is 4.73. The van der Waals surface area contributed by atoms with Crippen LogP contribution in [0, 0.1) is 12.7 Å². The molecule has 1 aromatic heterocycles. The summed E-state index contributed by atoms with van der Waals surface area (Å²) in [7, 11) is -3.30. The minimum Gasteiger partial charge on any atom is -0.338 e. The molecular formula is C17H18FNO3S2. The quantitative estimate of drug-likeness (QED) is 0.819. The average Bonchev–Trinajstić information content (AvgIpc) is 3.01. The second-order valence-corrected chi connectivity index (χ2v) is 9.20. The second kappa shape index (κ2) is 6.64. The molecule has 1 aliphatic heterocycles. The number of rotatable bonds is 2. The molecular weight excluding hydrogens is 349 g/mol. The number of thiophene rings is 1. The normalized spacial score (nSPS) is 20.6. The molecule has 1 atom stereocenters. The molecule has 0 spiro atoms. The molecule has 1 amide bonds. The first-order chi connectivity index (χ1) is 11.4. The van der Waals surface area contributed by atoms with Gasteiger partial charge in [-0.3, -0.25) is 4.79 Å². The van der Waals surface area contributed by atoms with E-state index in [2.05, 4.69) is 0 Å². The van der Waals surface area contributed by atoms with Crippen molar-refractivity contribution in [1.29, 1.82) is 0 Å². The van der Waals surface area contributed by atoms with Gasteiger partial charge in [0.2, 0.25) is 0 Å². The maximum absolute atomic E-state index is 13.7. The highest BCUT2D eigenvalue weighted by atomic mass is 32.2. The van der Waals surface area contributed by atoms with Gasteiger partial charge in [-0.15, -0.1) is 11.3 Å². The molecule has 0 bridgehead atoms. The monoisotopic (exact) mass is 367 g/mol. The van der Waals surface area contributed by atoms with Crippen LogP contribution in [0.1, 0.15) is 32.5 Å². The third-order valence-corrected chi connectivity index (χ3v) is 7.55. The Morgan fingerprint density at radius 1 is 1.29 bits per heavy atom. The molecule has 7 heteroatoms. The van der Waals surface area contributed by atoms with Crippen molar-refractivity contribution in [2.45, 2.75) is 18.6 Å². The van der Waals surface area contributed by atoms with Gasteiger partial charge in [-0.2, -0.15) is 0 Å². The number of carbonyl (C=O) groups excluding carboxylic acids is 1. The molecule has 128 valence electrons. The molecule has 1 aromatic carbocycles. The van der Waals surface area contributed by atoms with E-state index >= 15 is 0 Å². The Bertz CT molecular complexity index is 847. The Labute approximate surface area is 144 Å². The number of sulfone groups is 1. The predicted molar refractivity (Wildman–Crippen MR) is 92.5 cm³/mol. The second-order valence-electron chi connectivity index (χ2n) is 5.92. The van der Waals surface area contributed by atoms with Crippen molar-refractivity contribution in [3.8, 4) is 0 Å². The minimum absolute atomic E-state index is 0.0738. The molecule has 3 rings (SSSR count). The van der Waals surface area contributed by atoms with E-state index < -0.39 is 20.9 Å². The average molecular weight is 367 g/mol. The fourth-order valence-corrected chi connectivity index (χ4v) is 5.85. The number of hydrogen-bond acceptors (Lipinski definition) is 4. The lowest BCUT2D eigenvalue weighted by Crippen LogP contribution is -2.33. The van der Waals surface area contributed by atoms with Gasteiger partial charge in [-0.25, -0.2) is 12.8 Å². The summed E-state index contributed by atoms with van der Waals surface area (Å²) >= 11 is 1.42. The molecule has 2 aromatic rings. The van der Waals surface area contributed by atoms with Gasteiger partial charge >= 0.3 is 0 Å². The molecule has 1 fully saturated rings. The first-order valence-corrected chi connectivity index (χ1v) is 10.3. The van der Waals surface area contributed by atoms with Crippen molar-refractivity contribution in [2.24, 2.45) is 0 Å². The van der Waals surface area contributed by atoms with Crippen LogP contribution in [-0.2, 0) is 9.84 Å². The lowest BCUT2D eigenvalue weighted by atomic mass is 10.1. The first kappa shape index (κ1) is 17.1. The molecule has 0 saturated carbocycles. The molecule has 2 heterocycles. The highest BCUT2D eigenvalue weighted by molar-refractivity contribution is 7.91. The minimum atomic E-state index is -3.30. The van der Waals surface area contributed by atoms with Gasteiger partial charge in [-0.05, 0) is 42.5 Å². The number of hydrogen-bond donors (Lipinski definition) is 0. The lowest BCUT2D eigenvalue weighted by Gasteiger charge is -2.20. The highest BCUT2D eigenvalue weighted by Gasteiger charge is 2.33. The first-order valence-electron chi connectivity index (χ1n) is 7.69. The van der Waals surface area contributed by atoms with E-state index in [1.165, 1.54) is 22.3 Å². The summed E-state index contributed by atoms with van der Waals surface area (Å²) in [6.45, 7) is 2.11. The smallest absolute Gasteiger partial charge is 0.253 e. The zero-order valence-electron chi connectivity index (χ0n) is 13.2. The van der Waals surface area contributed by atoms with Crippen molar-refractivity contribution in [3.63, 3.8) is 0 Å². The molecule has 0 aliphatic carbocycles. The van der Waals surface area contributed by atoms with E-state index in [1.54, 1.807) is 19.1 Å². The van der Waals surface area contributed by atoms with Crippen molar-refractivity contribution < 1.29 is 17.6 Å². The highest BCUT2D eigenvalue weighted by Crippen LogP contribution is 2.32. The molecule has 4 nitrogen and oxygen atoms in total. The largest absolute Gasteiger partial charge is 0.338 e. The van der Waals surface area contributed by atoms with E-state index in [4.69, 9.17) is 0 Å². The van der Waals surface area contributed by atoms with Gasteiger partial charge in [0.05, 0.1) is 11.0 Å². The van der Waals surface area contributed by atoms with Crippen LogP contribution in [0.25, 0.3) is 0 Å². The summed E-state index contributed by atoms with van der Waals surface area (Å²) < 4.78 is 38.7.